The third kappa shape index (κ3) is 3.14. The normalized spacial score (nSPS) is 13.5. The van der Waals surface area contributed by atoms with Crippen LogP contribution in [0.5, 0.6) is 0 Å². The minimum absolute atomic E-state index is 0.0396. The largest absolute Gasteiger partial charge is 0.344 e. The fraction of sp³-hybridized carbons (Fsp3) is 0.174. The van der Waals surface area contributed by atoms with Gasteiger partial charge in [0.1, 0.15) is 6.17 Å². The highest BCUT2D eigenvalue weighted by Gasteiger charge is 2.35. The zero-order chi connectivity index (χ0) is 17.8. The molecular formula is C23H21N3. The van der Waals surface area contributed by atoms with Gasteiger partial charge in [0.05, 0.1) is 23.9 Å². The highest BCUT2D eigenvalue weighted by atomic mass is 15.4. The van der Waals surface area contributed by atoms with Gasteiger partial charge < -0.3 is 9.80 Å². The zero-order valence-corrected chi connectivity index (χ0v) is 14.6. The van der Waals surface area contributed by atoms with Crippen LogP contribution in [-0.4, -0.2) is 6.17 Å². The minimum Gasteiger partial charge on any atom is -0.344 e. The Morgan fingerprint density at radius 1 is 0.654 bits per heavy atom. The predicted molar refractivity (Wildman–Crippen MR) is 106 cm³/mol. The molecule has 0 fully saturated rings. The number of para-hydroxylation sites is 2. The lowest BCUT2D eigenvalue weighted by molar-refractivity contribution is 0.584. The molecule has 3 aromatic carbocycles. The number of hydrogen-bond acceptors (Lipinski definition) is 3. The molecule has 0 bridgehead atoms. The van der Waals surface area contributed by atoms with Gasteiger partial charge in [0.2, 0.25) is 0 Å². The van der Waals surface area contributed by atoms with E-state index in [1.165, 1.54) is 22.5 Å². The average Bonchev–Trinajstić information content (AvgIpc) is 2.97. The van der Waals surface area contributed by atoms with Crippen LogP contribution in [0.3, 0.4) is 0 Å². The summed E-state index contributed by atoms with van der Waals surface area (Å²) in [4.78, 5) is 4.72. The third-order valence-corrected chi connectivity index (χ3v) is 4.89. The summed E-state index contributed by atoms with van der Waals surface area (Å²) in [7, 11) is 0. The number of hydrogen-bond donors (Lipinski definition) is 0. The van der Waals surface area contributed by atoms with Crippen LogP contribution < -0.4 is 9.80 Å². The van der Waals surface area contributed by atoms with Gasteiger partial charge in [-0.15, -0.1) is 0 Å². The summed E-state index contributed by atoms with van der Waals surface area (Å²) in [5.41, 5.74) is 4.92. The second-order valence-electron chi connectivity index (χ2n) is 6.56. The molecule has 3 nitrogen and oxygen atoms in total. The molecule has 0 saturated heterocycles. The summed E-state index contributed by atoms with van der Waals surface area (Å²) >= 11 is 0. The van der Waals surface area contributed by atoms with Crippen molar-refractivity contribution in [1.29, 1.82) is 5.26 Å². The maximum Gasteiger partial charge on any atom is 0.115 e. The van der Waals surface area contributed by atoms with Gasteiger partial charge in [0.15, 0.2) is 0 Å². The summed E-state index contributed by atoms with van der Waals surface area (Å²) in [6.45, 7) is 1.60. The molecule has 0 saturated carbocycles. The van der Waals surface area contributed by atoms with E-state index in [1.807, 2.05) is 12.1 Å². The zero-order valence-electron chi connectivity index (χ0n) is 14.6. The molecule has 0 spiro atoms. The van der Waals surface area contributed by atoms with E-state index >= 15 is 0 Å². The smallest absolute Gasteiger partial charge is 0.115 e. The lowest BCUT2D eigenvalue weighted by Crippen LogP contribution is -2.42. The summed E-state index contributed by atoms with van der Waals surface area (Å²) in [6, 6.07) is 31.8. The van der Waals surface area contributed by atoms with E-state index in [1.54, 1.807) is 0 Å². The summed E-state index contributed by atoms with van der Waals surface area (Å²) in [6.07, 6.45) is 0.506. The quantitative estimate of drug-likeness (QED) is 0.658. The third-order valence-electron chi connectivity index (χ3n) is 4.89. The first-order valence-electron chi connectivity index (χ1n) is 8.94. The maximum absolute atomic E-state index is 9.47. The molecule has 3 aromatic rings. The van der Waals surface area contributed by atoms with E-state index in [-0.39, 0.29) is 6.17 Å². The molecule has 128 valence electrons. The lowest BCUT2D eigenvalue weighted by atomic mass is 10.2. The molecule has 0 amide bonds. The van der Waals surface area contributed by atoms with Gasteiger partial charge in [-0.3, -0.25) is 0 Å². The maximum atomic E-state index is 9.47. The molecule has 0 atom stereocenters. The van der Waals surface area contributed by atoms with Crippen molar-refractivity contribution in [3.63, 3.8) is 0 Å². The van der Waals surface area contributed by atoms with Crippen molar-refractivity contribution in [1.82, 2.24) is 0 Å². The van der Waals surface area contributed by atoms with Crippen molar-refractivity contribution >= 4 is 11.4 Å². The van der Waals surface area contributed by atoms with Crippen LogP contribution in [0, 0.1) is 11.3 Å². The molecule has 3 heteroatoms. The van der Waals surface area contributed by atoms with E-state index < -0.39 is 0 Å². The lowest BCUT2D eigenvalue weighted by Gasteiger charge is -2.31. The van der Waals surface area contributed by atoms with Crippen molar-refractivity contribution in [3.8, 4) is 6.07 Å². The van der Waals surface area contributed by atoms with E-state index in [0.717, 1.165) is 13.1 Å². The summed E-state index contributed by atoms with van der Waals surface area (Å²) < 4.78 is 0. The highest BCUT2D eigenvalue weighted by Crippen LogP contribution is 2.42. The van der Waals surface area contributed by atoms with Crippen LogP contribution in [0.1, 0.15) is 17.5 Å². The number of benzene rings is 3. The van der Waals surface area contributed by atoms with Crippen molar-refractivity contribution in [2.45, 2.75) is 25.7 Å². The number of nitrogens with zero attached hydrogens (tertiary/aromatic N) is 3. The molecule has 0 unspecified atom stereocenters. The molecule has 1 aliphatic rings. The number of nitriles is 1. The van der Waals surface area contributed by atoms with Crippen molar-refractivity contribution in [3.05, 3.63) is 96.1 Å². The van der Waals surface area contributed by atoms with E-state index in [0.29, 0.717) is 6.42 Å². The van der Waals surface area contributed by atoms with Crippen LogP contribution in [0.15, 0.2) is 84.9 Å². The highest BCUT2D eigenvalue weighted by molar-refractivity contribution is 5.77. The Bertz CT molecular complexity index is 831. The van der Waals surface area contributed by atoms with Crippen LogP contribution >= 0.6 is 0 Å². The van der Waals surface area contributed by atoms with Crippen molar-refractivity contribution < 1.29 is 0 Å². The Hall–Kier alpha value is -3.25. The minimum atomic E-state index is 0.0396. The Balaban J connectivity index is 1.70. The van der Waals surface area contributed by atoms with Crippen LogP contribution in [0.4, 0.5) is 11.4 Å². The fourth-order valence-corrected chi connectivity index (χ4v) is 3.68. The topological polar surface area (TPSA) is 30.3 Å². The first-order chi connectivity index (χ1) is 12.9. The van der Waals surface area contributed by atoms with E-state index in [2.05, 4.69) is 88.7 Å². The van der Waals surface area contributed by atoms with E-state index in [4.69, 9.17) is 0 Å². The summed E-state index contributed by atoms with van der Waals surface area (Å²) in [5, 5.41) is 9.47. The summed E-state index contributed by atoms with van der Waals surface area (Å²) in [5.74, 6) is 0. The monoisotopic (exact) mass is 339 g/mol. The standard InChI is InChI=1S/C23H21N3/c24-16-15-23-25(17-19-9-3-1-4-10-19)21-13-7-8-14-22(21)26(23)18-20-11-5-2-6-12-20/h1-14,23H,15,17-18H2. The Morgan fingerprint density at radius 3 is 1.50 bits per heavy atom. The average molecular weight is 339 g/mol. The first kappa shape index (κ1) is 16.2. The van der Waals surface area contributed by atoms with Gasteiger partial charge in [-0.25, -0.2) is 0 Å². The predicted octanol–water partition coefficient (Wildman–Crippen LogP) is 4.95. The first-order valence-corrected chi connectivity index (χ1v) is 8.94. The van der Waals surface area contributed by atoms with Gasteiger partial charge in [0.25, 0.3) is 0 Å². The Kier molecular flexibility index (Phi) is 4.57. The Labute approximate surface area is 154 Å². The number of rotatable bonds is 5. The van der Waals surface area contributed by atoms with Gasteiger partial charge in [-0.1, -0.05) is 72.8 Å². The number of anilines is 2. The molecule has 1 aliphatic heterocycles. The Morgan fingerprint density at radius 2 is 1.08 bits per heavy atom. The van der Waals surface area contributed by atoms with Gasteiger partial charge in [-0.05, 0) is 23.3 Å². The molecular weight excluding hydrogens is 318 g/mol. The van der Waals surface area contributed by atoms with Crippen LogP contribution in [0.2, 0.25) is 0 Å². The second kappa shape index (κ2) is 7.33. The molecule has 4 rings (SSSR count). The number of fused-ring (bicyclic) bond motifs is 1. The fourth-order valence-electron chi connectivity index (χ4n) is 3.68. The molecule has 1 heterocycles. The second-order valence-corrected chi connectivity index (χ2v) is 6.56. The van der Waals surface area contributed by atoms with Crippen LogP contribution in [-0.2, 0) is 13.1 Å². The van der Waals surface area contributed by atoms with Crippen molar-refractivity contribution in [2.24, 2.45) is 0 Å². The molecule has 0 aliphatic carbocycles. The van der Waals surface area contributed by atoms with Crippen molar-refractivity contribution in [2.75, 3.05) is 9.80 Å². The molecule has 0 aromatic heterocycles. The van der Waals surface area contributed by atoms with Gasteiger partial charge in [0, 0.05) is 13.1 Å². The molecule has 0 radical (unpaired) electrons. The molecule has 26 heavy (non-hydrogen) atoms. The SMILES string of the molecule is N#CCC1N(Cc2ccccc2)c2ccccc2N1Cc1ccccc1. The molecule has 0 N–H and O–H groups in total. The van der Waals surface area contributed by atoms with Gasteiger partial charge in [-0.2, -0.15) is 5.26 Å². The van der Waals surface area contributed by atoms with E-state index in [9.17, 15) is 5.26 Å². The van der Waals surface area contributed by atoms with Crippen LogP contribution in [0.25, 0.3) is 0 Å². The van der Waals surface area contributed by atoms with Gasteiger partial charge >= 0.3 is 0 Å².